The normalized spacial score (nSPS) is 16.6. The van der Waals surface area contributed by atoms with Gasteiger partial charge in [-0.05, 0) is 49.7 Å². The number of anilines is 1. The Morgan fingerprint density at radius 2 is 2.15 bits per heavy atom. The summed E-state index contributed by atoms with van der Waals surface area (Å²) in [7, 11) is 0. The van der Waals surface area contributed by atoms with Gasteiger partial charge >= 0.3 is 0 Å². The second-order valence-corrected chi connectivity index (χ2v) is 6.29. The highest BCUT2D eigenvalue weighted by Gasteiger charge is 2.20. The van der Waals surface area contributed by atoms with Crippen LogP contribution in [0.25, 0.3) is 10.6 Å². The number of hydrogen-bond donors (Lipinski definition) is 1. The van der Waals surface area contributed by atoms with Crippen molar-refractivity contribution in [2.45, 2.75) is 19.8 Å². The first-order valence-electron chi connectivity index (χ1n) is 7.11. The summed E-state index contributed by atoms with van der Waals surface area (Å²) in [6, 6.07) is 6.22. The van der Waals surface area contributed by atoms with Crippen LogP contribution in [0.4, 0.5) is 5.95 Å². The van der Waals surface area contributed by atoms with E-state index in [1.807, 2.05) is 6.92 Å². The Morgan fingerprint density at radius 3 is 2.80 bits per heavy atom. The maximum atomic E-state index is 5.75. The summed E-state index contributed by atoms with van der Waals surface area (Å²) in [6.45, 7) is 4.85. The Hall–Kier alpha value is -1.46. The molecule has 2 N–H and O–H groups in total. The topological polar surface area (TPSA) is 55.0 Å². The molecule has 106 valence electrons. The maximum absolute atomic E-state index is 5.75. The lowest BCUT2D eigenvalue weighted by molar-refractivity contribution is 0.411. The van der Waals surface area contributed by atoms with Gasteiger partial charge in [-0.1, -0.05) is 6.07 Å². The van der Waals surface area contributed by atoms with Gasteiger partial charge in [0.2, 0.25) is 5.95 Å². The van der Waals surface area contributed by atoms with E-state index in [9.17, 15) is 0 Å². The van der Waals surface area contributed by atoms with Crippen molar-refractivity contribution in [3.63, 3.8) is 0 Å². The van der Waals surface area contributed by atoms with E-state index < -0.39 is 0 Å². The molecule has 2 aromatic rings. The van der Waals surface area contributed by atoms with Gasteiger partial charge in [0.25, 0.3) is 0 Å². The Labute approximate surface area is 123 Å². The second-order valence-electron chi connectivity index (χ2n) is 5.34. The zero-order chi connectivity index (χ0) is 13.9. The minimum atomic E-state index is 0.660. The summed E-state index contributed by atoms with van der Waals surface area (Å²) in [5.41, 5.74) is 7.81. The van der Waals surface area contributed by atoms with Crippen LogP contribution in [0.3, 0.4) is 0 Å². The third kappa shape index (κ3) is 2.83. The van der Waals surface area contributed by atoms with Crippen LogP contribution in [-0.4, -0.2) is 29.6 Å². The predicted octanol–water partition coefficient (Wildman–Crippen LogP) is 2.69. The molecule has 0 aromatic carbocycles. The van der Waals surface area contributed by atoms with E-state index in [-0.39, 0.29) is 0 Å². The van der Waals surface area contributed by atoms with Crippen molar-refractivity contribution >= 4 is 17.3 Å². The molecule has 0 aliphatic carbocycles. The molecule has 0 spiro atoms. The average molecular weight is 288 g/mol. The van der Waals surface area contributed by atoms with Gasteiger partial charge in [-0.2, -0.15) is 0 Å². The van der Waals surface area contributed by atoms with E-state index in [1.54, 1.807) is 11.3 Å². The smallest absolute Gasteiger partial charge is 0.226 e. The molecule has 5 heteroatoms. The van der Waals surface area contributed by atoms with Gasteiger partial charge in [-0.3, -0.25) is 0 Å². The first-order chi connectivity index (χ1) is 9.76. The Kier molecular flexibility index (Phi) is 3.98. The molecule has 1 aliphatic rings. The van der Waals surface area contributed by atoms with Gasteiger partial charge in [0.1, 0.15) is 0 Å². The van der Waals surface area contributed by atoms with Crippen molar-refractivity contribution < 1.29 is 0 Å². The molecule has 0 saturated carbocycles. The summed E-state index contributed by atoms with van der Waals surface area (Å²) in [5, 5.41) is 2.08. The van der Waals surface area contributed by atoms with Crippen LogP contribution < -0.4 is 10.6 Å². The number of nitrogens with two attached hydrogens (primary N) is 1. The lowest BCUT2D eigenvalue weighted by Crippen LogP contribution is -2.37. The molecule has 4 nitrogen and oxygen atoms in total. The van der Waals surface area contributed by atoms with E-state index in [0.29, 0.717) is 5.92 Å². The summed E-state index contributed by atoms with van der Waals surface area (Å²) in [5.74, 6) is 1.52. The highest BCUT2D eigenvalue weighted by molar-refractivity contribution is 7.13. The average Bonchev–Trinajstić information content (AvgIpc) is 3.01. The molecule has 3 heterocycles. The van der Waals surface area contributed by atoms with Crippen molar-refractivity contribution in [3.05, 3.63) is 29.3 Å². The number of aryl methyl sites for hydroxylation is 1. The lowest BCUT2D eigenvalue weighted by Gasteiger charge is -2.31. The fourth-order valence-corrected chi connectivity index (χ4v) is 3.30. The lowest BCUT2D eigenvalue weighted by atomic mass is 9.97. The van der Waals surface area contributed by atoms with Crippen LogP contribution in [0.15, 0.2) is 23.6 Å². The van der Waals surface area contributed by atoms with E-state index in [0.717, 1.165) is 49.8 Å². The Balaban J connectivity index is 1.83. The number of thiophene rings is 1. The number of piperidine rings is 1. The first kappa shape index (κ1) is 13.5. The molecular weight excluding hydrogens is 268 g/mol. The fraction of sp³-hybridized carbons (Fsp3) is 0.467. The van der Waals surface area contributed by atoms with E-state index in [2.05, 4.69) is 33.5 Å². The van der Waals surface area contributed by atoms with Gasteiger partial charge in [-0.15, -0.1) is 11.3 Å². The summed E-state index contributed by atoms with van der Waals surface area (Å²) in [4.78, 5) is 12.8. The second kappa shape index (κ2) is 5.89. The number of rotatable bonds is 3. The van der Waals surface area contributed by atoms with Crippen LogP contribution in [0.5, 0.6) is 0 Å². The molecule has 0 radical (unpaired) electrons. The quantitative estimate of drug-likeness (QED) is 0.943. The van der Waals surface area contributed by atoms with E-state index >= 15 is 0 Å². The zero-order valence-electron chi connectivity index (χ0n) is 11.7. The standard InChI is InChI=1S/C15H20N4S/c1-11-9-13(14-3-2-8-20-14)18-15(17-11)19-6-4-12(10-16)5-7-19/h2-3,8-9,12H,4-7,10,16H2,1H3. The molecule has 0 unspecified atom stereocenters. The molecule has 0 amide bonds. The first-order valence-corrected chi connectivity index (χ1v) is 7.99. The minimum absolute atomic E-state index is 0.660. The maximum Gasteiger partial charge on any atom is 0.226 e. The number of aromatic nitrogens is 2. The van der Waals surface area contributed by atoms with Crippen LogP contribution in [0, 0.1) is 12.8 Å². The van der Waals surface area contributed by atoms with Gasteiger partial charge in [0.05, 0.1) is 10.6 Å². The molecule has 20 heavy (non-hydrogen) atoms. The van der Waals surface area contributed by atoms with E-state index in [1.165, 1.54) is 4.88 Å². The summed E-state index contributed by atoms with van der Waals surface area (Å²) < 4.78 is 0. The monoisotopic (exact) mass is 288 g/mol. The third-order valence-electron chi connectivity index (χ3n) is 3.85. The minimum Gasteiger partial charge on any atom is -0.341 e. The van der Waals surface area contributed by atoms with Gasteiger partial charge in [0.15, 0.2) is 0 Å². The van der Waals surface area contributed by atoms with Gasteiger partial charge in [0, 0.05) is 18.8 Å². The largest absolute Gasteiger partial charge is 0.341 e. The van der Waals surface area contributed by atoms with Crippen LogP contribution >= 0.6 is 11.3 Å². The highest BCUT2D eigenvalue weighted by atomic mass is 32.1. The molecule has 1 saturated heterocycles. The molecular formula is C15H20N4S. The van der Waals surface area contributed by atoms with Gasteiger partial charge in [-0.25, -0.2) is 9.97 Å². The molecule has 0 atom stereocenters. The van der Waals surface area contributed by atoms with E-state index in [4.69, 9.17) is 10.7 Å². The van der Waals surface area contributed by atoms with Crippen molar-refractivity contribution in [1.29, 1.82) is 0 Å². The van der Waals surface area contributed by atoms with Crippen molar-refractivity contribution in [2.75, 3.05) is 24.5 Å². The summed E-state index contributed by atoms with van der Waals surface area (Å²) in [6.07, 6.45) is 2.28. The van der Waals surface area contributed by atoms with Crippen LogP contribution in [0.1, 0.15) is 18.5 Å². The predicted molar refractivity (Wildman–Crippen MR) is 84.1 cm³/mol. The fourth-order valence-electron chi connectivity index (χ4n) is 2.61. The molecule has 2 aromatic heterocycles. The van der Waals surface area contributed by atoms with Crippen LogP contribution in [-0.2, 0) is 0 Å². The summed E-state index contributed by atoms with van der Waals surface area (Å²) >= 11 is 1.72. The molecule has 0 bridgehead atoms. The number of hydrogen-bond acceptors (Lipinski definition) is 5. The van der Waals surface area contributed by atoms with Crippen molar-refractivity contribution in [1.82, 2.24) is 9.97 Å². The molecule has 1 fully saturated rings. The SMILES string of the molecule is Cc1cc(-c2cccs2)nc(N2CCC(CN)CC2)n1. The molecule has 1 aliphatic heterocycles. The van der Waals surface area contributed by atoms with Crippen molar-refractivity contribution in [3.8, 4) is 10.6 Å². The highest BCUT2D eigenvalue weighted by Crippen LogP contribution is 2.26. The zero-order valence-corrected chi connectivity index (χ0v) is 12.6. The third-order valence-corrected chi connectivity index (χ3v) is 4.74. The Bertz CT molecular complexity index is 559. The Morgan fingerprint density at radius 1 is 1.35 bits per heavy atom. The molecule has 3 rings (SSSR count). The number of nitrogens with zero attached hydrogens (tertiary/aromatic N) is 3. The van der Waals surface area contributed by atoms with Crippen LogP contribution in [0.2, 0.25) is 0 Å². The van der Waals surface area contributed by atoms with Crippen molar-refractivity contribution in [2.24, 2.45) is 11.7 Å². The van der Waals surface area contributed by atoms with Gasteiger partial charge < -0.3 is 10.6 Å².